The van der Waals surface area contributed by atoms with E-state index in [1.807, 2.05) is 24.3 Å². The van der Waals surface area contributed by atoms with Crippen LogP contribution in [-0.4, -0.2) is 31.3 Å². The third kappa shape index (κ3) is 3.39. The van der Waals surface area contributed by atoms with Crippen molar-refractivity contribution < 1.29 is 4.79 Å². The summed E-state index contributed by atoms with van der Waals surface area (Å²) in [6.07, 6.45) is 0. The van der Waals surface area contributed by atoms with Crippen LogP contribution in [0, 0.1) is 6.92 Å². The Labute approximate surface area is 146 Å². The standard InChI is InChI=1S/C16H16N4O2S2/c1-9(2)11-4-6-12(7-5-11)13(21)8-23-16-19-20-14(22)10(3)17-18-15(20)24-16/h4-7,9H,8H2,1-3H3. The Hall–Kier alpha value is -2.06. The van der Waals surface area contributed by atoms with Gasteiger partial charge in [-0.15, -0.1) is 15.3 Å². The Morgan fingerprint density at radius 2 is 1.96 bits per heavy atom. The summed E-state index contributed by atoms with van der Waals surface area (Å²) in [4.78, 5) is 24.6. The summed E-state index contributed by atoms with van der Waals surface area (Å²) in [5, 5.41) is 11.9. The molecule has 0 aliphatic heterocycles. The molecular formula is C16H16N4O2S2. The number of nitrogens with zero attached hydrogens (tertiary/aromatic N) is 4. The quantitative estimate of drug-likeness (QED) is 0.514. The van der Waals surface area contributed by atoms with Gasteiger partial charge in [-0.25, -0.2) is 0 Å². The predicted octanol–water partition coefficient (Wildman–Crippen LogP) is 2.95. The highest BCUT2D eigenvalue weighted by Crippen LogP contribution is 2.24. The smallest absolute Gasteiger partial charge is 0.293 e. The molecule has 0 aliphatic rings. The van der Waals surface area contributed by atoms with Crippen LogP contribution in [-0.2, 0) is 0 Å². The topological polar surface area (TPSA) is 77.2 Å². The maximum atomic E-state index is 12.3. The SMILES string of the molecule is Cc1nnc2sc(SCC(=O)c3ccc(C(C)C)cc3)nn2c1=O. The average molecular weight is 360 g/mol. The van der Waals surface area contributed by atoms with Gasteiger partial charge in [0.2, 0.25) is 4.96 Å². The van der Waals surface area contributed by atoms with Crippen molar-refractivity contribution in [3.05, 3.63) is 51.4 Å². The molecule has 0 saturated carbocycles. The molecule has 0 atom stereocenters. The first kappa shape index (κ1) is 16.8. The monoisotopic (exact) mass is 360 g/mol. The fraction of sp³-hybridized carbons (Fsp3) is 0.312. The highest BCUT2D eigenvalue weighted by molar-refractivity contribution is 8.01. The molecule has 8 heteroatoms. The van der Waals surface area contributed by atoms with E-state index in [1.54, 1.807) is 6.92 Å². The van der Waals surface area contributed by atoms with Gasteiger partial charge < -0.3 is 0 Å². The van der Waals surface area contributed by atoms with Crippen molar-refractivity contribution in [2.45, 2.75) is 31.0 Å². The molecule has 0 spiro atoms. The molecular weight excluding hydrogens is 344 g/mol. The first-order valence-electron chi connectivity index (χ1n) is 7.45. The van der Waals surface area contributed by atoms with Crippen molar-refractivity contribution >= 4 is 33.8 Å². The molecule has 0 amide bonds. The number of rotatable bonds is 5. The summed E-state index contributed by atoms with van der Waals surface area (Å²) in [6, 6.07) is 7.68. The lowest BCUT2D eigenvalue weighted by Crippen LogP contribution is -2.19. The highest BCUT2D eigenvalue weighted by atomic mass is 32.2. The molecule has 2 aromatic heterocycles. The minimum atomic E-state index is -0.279. The maximum Gasteiger partial charge on any atom is 0.296 e. The predicted molar refractivity (Wildman–Crippen MR) is 95.3 cm³/mol. The zero-order valence-corrected chi connectivity index (χ0v) is 15.1. The Kier molecular flexibility index (Phi) is 4.77. The van der Waals surface area contributed by atoms with Crippen LogP contribution in [0.3, 0.4) is 0 Å². The molecule has 2 heterocycles. The molecule has 6 nitrogen and oxygen atoms in total. The van der Waals surface area contributed by atoms with Gasteiger partial charge >= 0.3 is 0 Å². The maximum absolute atomic E-state index is 12.3. The molecule has 0 N–H and O–H groups in total. The summed E-state index contributed by atoms with van der Waals surface area (Å²) >= 11 is 2.56. The molecule has 0 fully saturated rings. The molecule has 0 saturated heterocycles. The first-order valence-corrected chi connectivity index (χ1v) is 9.25. The molecule has 0 bridgehead atoms. The van der Waals surface area contributed by atoms with E-state index in [2.05, 4.69) is 29.1 Å². The number of thioether (sulfide) groups is 1. The van der Waals surface area contributed by atoms with Gasteiger partial charge in [0.25, 0.3) is 5.56 Å². The number of Topliss-reactive ketones (excluding diaryl/α,β-unsaturated/α-hetero) is 1. The van der Waals surface area contributed by atoms with Crippen LogP contribution in [0.5, 0.6) is 0 Å². The number of hydrogen-bond donors (Lipinski definition) is 0. The van der Waals surface area contributed by atoms with E-state index in [0.29, 0.717) is 26.5 Å². The van der Waals surface area contributed by atoms with E-state index in [4.69, 9.17) is 0 Å². The zero-order valence-electron chi connectivity index (χ0n) is 13.5. The van der Waals surface area contributed by atoms with Gasteiger partial charge in [0.05, 0.1) is 5.75 Å². The average Bonchev–Trinajstić information content (AvgIpc) is 3.00. The normalized spacial score (nSPS) is 11.3. The van der Waals surface area contributed by atoms with Gasteiger partial charge in [0.1, 0.15) is 5.69 Å². The largest absolute Gasteiger partial charge is 0.296 e. The van der Waals surface area contributed by atoms with Gasteiger partial charge in [0.15, 0.2) is 10.1 Å². The fourth-order valence-electron chi connectivity index (χ4n) is 2.10. The van der Waals surface area contributed by atoms with E-state index >= 15 is 0 Å². The Bertz CT molecular complexity index is 945. The van der Waals surface area contributed by atoms with Crippen molar-refractivity contribution in [2.75, 3.05) is 5.75 Å². The molecule has 124 valence electrons. The molecule has 0 radical (unpaired) electrons. The second-order valence-corrected chi connectivity index (χ2v) is 7.82. The van der Waals surface area contributed by atoms with Crippen molar-refractivity contribution in [1.29, 1.82) is 0 Å². The lowest BCUT2D eigenvalue weighted by molar-refractivity contribution is 0.102. The lowest BCUT2D eigenvalue weighted by atomic mass is 10.0. The van der Waals surface area contributed by atoms with Gasteiger partial charge in [-0.2, -0.15) is 4.52 Å². The summed E-state index contributed by atoms with van der Waals surface area (Å²) < 4.78 is 1.86. The van der Waals surface area contributed by atoms with Gasteiger partial charge in [-0.05, 0) is 18.4 Å². The molecule has 1 aromatic carbocycles. The van der Waals surface area contributed by atoms with E-state index in [9.17, 15) is 9.59 Å². The van der Waals surface area contributed by atoms with Gasteiger partial charge in [-0.1, -0.05) is 61.2 Å². The number of fused-ring (bicyclic) bond motifs is 1. The third-order valence-electron chi connectivity index (χ3n) is 3.55. The second kappa shape index (κ2) is 6.82. The van der Waals surface area contributed by atoms with Crippen molar-refractivity contribution in [3.63, 3.8) is 0 Å². The number of carbonyl (C=O) groups is 1. The van der Waals surface area contributed by atoms with Crippen LogP contribution < -0.4 is 5.56 Å². The van der Waals surface area contributed by atoms with E-state index < -0.39 is 0 Å². The Morgan fingerprint density at radius 1 is 1.25 bits per heavy atom. The number of carbonyl (C=O) groups excluding carboxylic acids is 1. The van der Waals surface area contributed by atoms with Crippen molar-refractivity contribution in [2.24, 2.45) is 0 Å². The van der Waals surface area contributed by atoms with Gasteiger partial charge in [-0.3, -0.25) is 9.59 Å². The number of aromatic nitrogens is 4. The first-order chi connectivity index (χ1) is 11.5. The van der Waals surface area contributed by atoms with Gasteiger partial charge in [0, 0.05) is 5.56 Å². The second-order valence-electron chi connectivity index (χ2n) is 5.64. The molecule has 3 rings (SSSR count). The number of hydrogen-bond acceptors (Lipinski definition) is 7. The zero-order chi connectivity index (χ0) is 17.3. The van der Waals surface area contributed by atoms with Crippen LogP contribution in [0.25, 0.3) is 4.96 Å². The summed E-state index contributed by atoms with van der Waals surface area (Å²) in [6.45, 7) is 5.83. The molecule has 3 aromatic rings. The summed E-state index contributed by atoms with van der Waals surface area (Å²) in [5.41, 5.74) is 1.91. The van der Waals surface area contributed by atoms with Crippen LogP contribution in [0.2, 0.25) is 0 Å². The number of ketones is 1. The van der Waals surface area contributed by atoms with E-state index in [1.165, 1.54) is 33.2 Å². The number of aryl methyl sites for hydroxylation is 1. The van der Waals surface area contributed by atoms with E-state index in [-0.39, 0.29) is 17.1 Å². The number of benzene rings is 1. The molecule has 0 unspecified atom stereocenters. The summed E-state index contributed by atoms with van der Waals surface area (Å²) in [5.74, 6) is 0.737. The van der Waals surface area contributed by atoms with Crippen molar-refractivity contribution in [1.82, 2.24) is 19.8 Å². The molecule has 0 aliphatic carbocycles. The minimum absolute atomic E-state index is 0.0316. The highest BCUT2D eigenvalue weighted by Gasteiger charge is 2.13. The third-order valence-corrected chi connectivity index (χ3v) is 5.59. The Morgan fingerprint density at radius 3 is 2.62 bits per heavy atom. The lowest BCUT2D eigenvalue weighted by Gasteiger charge is -2.05. The van der Waals surface area contributed by atoms with Crippen LogP contribution >= 0.6 is 23.1 Å². The fourth-order valence-corrected chi connectivity index (χ4v) is 3.87. The van der Waals surface area contributed by atoms with Crippen LogP contribution in [0.4, 0.5) is 0 Å². The van der Waals surface area contributed by atoms with Crippen LogP contribution in [0.15, 0.2) is 33.4 Å². The minimum Gasteiger partial charge on any atom is -0.293 e. The summed E-state index contributed by atoms with van der Waals surface area (Å²) in [7, 11) is 0. The van der Waals surface area contributed by atoms with Crippen molar-refractivity contribution in [3.8, 4) is 0 Å². The van der Waals surface area contributed by atoms with E-state index in [0.717, 1.165) is 0 Å². The molecule has 24 heavy (non-hydrogen) atoms. The Balaban J connectivity index is 1.72. The van der Waals surface area contributed by atoms with Crippen LogP contribution in [0.1, 0.15) is 41.4 Å².